The molecule has 1 heterocycles. The molecule has 0 spiro atoms. The Morgan fingerprint density at radius 1 is 1.12 bits per heavy atom. The Kier molecular flexibility index (Phi) is 6.53. The summed E-state index contributed by atoms with van der Waals surface area (Å²) in [6.45, 7) is 1.12. The van der Waals surface area contributed by atoms with Crippen molar-refractivity contribution < 1.29 is 27.5 Å². The quantitative estimate of drug-likeness (QED) is 0.594. The molecule has 140 valence electrons. The third kappa shape index (κ3) is 4.70. The Balaban J connectivity index is 2.21. The van der Waals surface area contributed by atoms with E-state index in [0.29, 0.717) is 0 Å². The van der Waals surface area contributed by atoms with Gasteiger partial charge in [0.1, 0.15) is 11.0 Å². The lowest BCUT2D eigenvalue weighted by atomic mass is 10.2. The first-order valence-corrected chi connectivity index (χ1v) is 9.41. The number of carbonyl (C=O) groups is 2. The number of furan rings is 1. The van der Waals surface area contributed by atoms with Gasteiger partial charge in [-0.15, -0.1) is 0 Å². The minimum atomic E-state index is -3.86. The van der Waals surface area contributed by atoms with E-state index in [0.717, 1.165) is 5.56 Å². The number of nitrogens with one attached hydrogen (secondary N) is 2. The minimum Gasteiger partial charge on any atom is -0.468 e. The van der Waals surface area contributed by atoms with Crippen molar-refractivity contribution in [3.63, 3.8) is 0 Å². The number of sulfone groups is 1. The van der Waals surface area contributed by atoms with Gasteiger partial charge in [0.25, 0.3) is 0 Å². The Morgan fingerprint density at radius 3 is 2.35 bits per heavy atom. The molecule has 0 bridgehead atoms. The number of hydrogen-bond acceptors (Lipinski definition) is 6. The van der Waals surface area contributed by atoms with Crippen LogP contribution in [0.3, 0.4) is 0 Å². The molecule has 1 unspecified atom stereocenters. The molecule has 0 saturated carbocycles. The minimum absolute atomic E-state index is 0.0739. The molecule has 26 heavy (non-hydrogen) atoms. The Morgan fingerprint density at radius 2 is 1.77 bits per heavy atom. The van der Waals surface area contributed by atoms with E-state index in [1.54, 1.807) is 18.2 Å². The zero-order chi connectivity index (χ0) is 19.2. The highest BCUT2D eigenvalue weighted by Gasteiger charge is 2.32. The predicted octanol–water partition coefficient (Wildman–Crippen LogP) is 0.328. The molecule has 8 nitrogen and oxygen atoms in total. The van der Waals surface area contributed by atoms with Crippen molar-refractivity contribution in [2.45, 2.75) is 17.1 Å². The van der Waals surface area contributed by atoms with E-state index in [4.69, 9.17) is 9.52 Å². The molecule has 1 atom stereocenters. The maximum absolute atomic E-state index is 13.0. The van der Waals surface area contributed by atoms with Gasteiger partial charge in [-0.05, 0) is 31.2 Å². The monoisotopic (exact) mass is 380 g/mol. The molecule has 3 N–H and O–H groups in total. The largest absolute Gasteiger partial charge is 0.468 e. The maximum atomic E-state index is 13.0. The molecule has 1 aromatic heterocycles. The van der Waals surface area contributed by atoms with Crippen molar-refractivity contribution in [3.8, 4) is 0 Å². The molecule has 0 aliphatic heterocycles. The van der Waals surface area contributed by atoms with Crippen LogP contribution in [-0.4, -0.2) is 45.0 Å². The number of aliphatic hydroxyl groups is 1. The predicted molar refractivity (Wildman–Crippen MR) is 92.9 cm³/mol. The van der Waals surface area contributed by atoms with Crippen LogP contribution in [0.1, 0.15) is 16.6 Å². The second kappa shape index (κ2) is 8.63. The maximum Gasteiger partial charge on any atom is 0.309 e. The zero-order valence-electron chi connectivity index (χ0n) is 14.1. The van der Waals surface area contributed by atoms with Gasteiger partial charge in [0.05, 0.1) is 17.8 Å². The third-order valence-electron chi connectivity index (χ3n) is 3.64. The summed E-state index contributed by atoms with van der Waals surface area (Å²) in [4.78, 5) is 23.4. The van der Waals surface area contributed by atoms with Gasteiger partial charge in [-0.1, -0.05) is 17.7 Å². The highest BCUT2D eigenvalue weighted by Crippen LogP contribution is 2.29. The van der Waals surface area contributed by atoms with Crippen molar-refractivity contribution in [3.05, 3.63) is 54.0 Å². The molecule has 1 aromatic carbocycles. The number of benzene rings is 1. The van der Waals surface area contributed by atoms with Crippen LogP contribution in [0.4, 0.5) is 0 Å². The number of aryl methyl sites for hydroxylation is 1. The van der Waals surface area contributed by atoms with Crippen molar-refractivity contribution in [2.75, 3.05) is 19.7 Å². The number of hydrogen-bond donors (Lipinski definition) is 3. The van der Waals surface area contributed by atoms with Gasteiger partial charge in [0.15, 0.2) is 9.84 Å². The highest BCUT2D eigenvalue weighted by molar-refractivity contribution is 7.91. The number of rotatable bonds is 7. The van der Waals surface area contributed by atoms with Crippen LogP contribution in [-0.2, 0) is 19.4 Å². The first-order chi connectivity index (χ1) is 12.4. The normalized spacial score (nSPS) is 12.4. The molecular formula is C17H20N2O6S. The van der Waals surface area contributed by atoms with Crippen molar-refractivity contribution in [2.24, 2.45) is 0 Å². The van der Waals surface area contributed by atoms with Gasteiger partial charge >= 0.3 is 11.8 Å². The average Bonchev–Trinajstić information content (AvgIpc) is 3.14. The Hall–Kier alpha value is -2.65. The average molecular weight is 380 g/mol. The van der Waals surface area contributed by atoms with Gasteiger partial charge < -0.3 is 20.2 Å². The molecule has 0 fully saturated rings. The fourth-order valence-electron chi connectivity index (χ4n) is 2.25. The van der Waals surface area contributed by atoms with Gasteiger partial charge in [0.2, 0.25) is 0 Å². The molecule has 0 aliphatic carbocycles. The lowest BCUT2D eigenvalue weighted by molar-refractivity contribution is -0.139. The number of aliphatic hydroxyl groups excluding tert-OH is 1. The van der Waals surface area contributed by atoms with Crippen LogP contribution in [0.5, 0.6) is 0 Å². The summed E-state index contributed by atoms with van der Waals surface area (Å²) >= 11 is 0. The molecule has 0 radical (unpaired) electrons. The second-order valence-electron chi connectivity index (χ2n) is 5.55. The van der Waals surface area contributed by atoms with E-state index in [1.165, 1.54) is 24.5 Å². The third-order valence-corrected chi connectivity index (χ3v) is 5.71. The van der Waals surface area contributed by atoms with Gasteiger partial charge in [-0.3, -0.25) is 9.59 Å². The SMILES string of the molecule is Cc1ccc(S(=O)(=O)C(CNC(=O)C(=O)NCCO)c2ccco2)cc1. The molecule has 0 aliphatic rings. The summed E-state index contributed by atoms with van der Waals surface area (Å²) in [5.41, 5.74) is 0.910. The fourth-order valence-corrected chi connectivity index (χ4v) is 3.83. The topological polar surface area (TPSA) is 126 Å². The van der Waals surface area contributed by atoms with Crippen molar-refractivity contribution in [1.29, 1.82) is 0 Å². The van der Waals surface area contributed by atoms with E-state index in [9.17, 15) is 18.0 Å². The summed E-state index contributed by atoms with van der Waals surface area (Å²) in [5, 5.41) is 12.0. The molecule has 2 rings (SSSR count). The number of carbonyl (C=O) groups excluding carboxylic acids is 2. The molecule has 2 aromatic rings. The van der Waals surface area contributed by atoms with E-state index in [1.807, 2.05) is 6.92 Å². The summed E-state index contributed by atoms with van der Waals surface area (Å²) in [6, 6.07) is 9.35. The standard InChI is InChI=1S/C17H20N2O6S/c1-12-4-6-13(7-5-12)26(23,24)15(14-3-2-10-25-14)11-19-17(22)16(21)18-8-9-20/h2-7,10,15,20H,8-9,11H2,1H3,(H,18,21)(H,19,22). The molecule has 9 heteroatoms. The van der Waals surface area contributed by atoms with Crippen LogP contribution < -0.4 is 10.6 Å². The molecule has 0 saturated heterocycles. The first kappa shape index (κ1) is 19.7. The van der Waals surface area contributed by atoms with Gasteiger partial charge in [-0.2, -0.15) is 0 Å². The Labute approximate surface area is 151 Å². The van der Waals surface area contributed by atoms with Crippen molar-refractivity contribution in [1.82, 2.24) is 10.6 Å². The summed E-state index contributed by atoms with van der Waals surface area (Å²) < 4.78 is 31.1. The zero-order valence-corrected chi connectivity index (χ0v) is 15.0. The second-order valence-corrected chi connectivity index (χ2v) is 7.68. The fraction of sp³-hybridized carbons (Fsp3) is 0.294. The van der Waals surface area contributed by atoms with E-state index >= 15 is 0 Å². The van der Waals surface area contributed by atoms with Crippen LogP contribution in [0.2, 0.25) is 0 Å². The highest BCUT2D eigenvalue weighted by atomic mass is 32.2. The van der Waals surface area contributed by atoms with Crippen LogP contribution in [0.15, 0.2) is 52.0 Å². The van der Waals surface area contributed by atoms with Gasteiger partial charge in [-0.25, -0.2) is 8.42 Å². The lowest BCUT2D eigenvalue weighted by Gasteiger charge is -2.16. The van der Waals surface area contributed by atoms with Crippen LogP contribution >= 0.6 is 0 Å². The molecule has 2 amide bonds. The van der Waals surface area contributed by atoms with E-state index in [2.05, 4.69) is 10.6 Å². The molecular weight excluding hydrogens is 360 g/mol. The summed E-state index contributed by atoms with van der Waals surface area (Å²) in [6.07, 6.45) is 1.34. The summed E-state index contributed by atoms with van der Waals surface area (Å²) in [7, 11) is -3.86. The van der Waals surface area contributed by atoms with Crippen molar-refractivity contribution >= 4 is 21.7 Å². The van der Waals surface area contributed by atoms with Crippen LogP contribution in [0, 0.1) is 6.92 Å². The van der Waals surface area contributed by atoms with E-state index < -0.39 is 26.9 Å². The number of amides is 2. The first-order valence-electron chi connectivity index (χ1n) is 7.87. The smallest absolute Gasteiger partial charge is 0.309 e. The van der Waals surface area contributed by atoms with Gasteiger partial charge in [0, 0.05) is 13.1 Å². The van der Waals surface area contributed by atoms with E-state index in [-0.39, 0.29) is 30.4 Å². The summed E-state index contributed by atoms with van der Waals surface area (Å²) in [5.74, 6) is -1.79. The lowest BCUT2D eigenvalue weighted by Crippen LogP contribution is -2.43. The Bertz CT molecular complexity index is 844. The van der Waals surface area contributed by atoms with Crippen LogP contribution in [0.25, 0.3) is 0 Å².